The van der Waals surface area contributed by atoms with Gasteiger partial charge in [0.2, 0.25) is 0 Å². The van der Waals surface area contributed by atoms with Crippen LogP contribution in [0.1, 0.15) is 26.9 Å². The Hall–Kier alpha value is -0.900. The van der Waals surface area contributed by atoms with E-state index in [4.69, 9.17) is 11.6 Å². The lowest BCUT2D eigenvalue weighted by Gasteiger charge is -2.15. The summed E-state index contributed by atoms with van der Waals surface area (Å²) in [4.78, 5) is 2.58. The molecule has 0 saturated heterocycles. The number of benzene rings is 1. The van der Waals surface area contributed by atoms with Crippen LogP contribution in [0.4, 0.5) is 4.39 Å². The highest BCUT2D eigenvalue weighted by molar-refractivity contribution is 7.12. The average Bonchev–Trinajstić information content (AvgIpc) is 2.70. The van der Waals surface area contributed by atoms with Crippen molar-refractivity contribution >= 4 is 22.9 Å². The quantitative estimate of drug-likeness (QED) is 0.865. The van der Waals surface area contributed by atoms with Crippen molar-refractivity contribution in [3.8, 4) is 0 Å². The van der Waals surface area contributed by atoms with Gasteiger partial charge in [-0.25, -0.2) is 4.39 Å². The van der Waals surface area contributed by atoms with Gasteiger partial charge in [-0.15, -0.1) is 11.3 Å². The molecule has 0 bridgehead atoms. The van der Waals surface area contributed by atoms with Crippen LogP contribution >= 0.6 is 22.9 Å². The summed E-state index contributed by atoms with van der Waals surface area (Å²) in [5, 5.41) is 3.90. The van der Waals surface area contributed by atoms with Crippen LogP contribution in [0.3, 0.4) is 0 Å². The molecule has 0 radical (unpaired) electrons. The van der Waals surface area contributed by atoms with E-state index < -0.39 is 0 Å². The molecule has 0 amide bonds. The molecule has 0 fully saturated rings. The molecule has 0 saturated carbocycles. The summed E-state index contributed by atoms with van der Waals surface area (Å²) in [5.74, 6) is -0.243. The smallest absolute Gasteiger partial charge is 0.123 e. The summed E-state index contributed by atoms with van der Waals surface area (Å²) in [6, 6.07) is 6.87. The maximum atomic E-state index is 13.3. The summed E-state index contributed by atoms with van der Waals surface area (Å²) in [7, 11) is 1.92. The van der Waals surface area contributed by atoms with Crippen molar-refractivity contribution < 1.29 is 4.39 Å². The van der Waals surface area contributed by atoms with Gasteiger partial charge < -0.3 is 5.32 Å². The molecule has 0 aliphatic heterocycles. The zero-order valence-electron chi connectivity index (χ0n) is 11.3. The standard InChI is InChI=1S/C15H17ClFNS/c1-9-6-15(19-10(9)2)14(18-3)8-11-7-12(17)4-5-13(11)16/h4-7,14,18H,8H2,1-3H3. The van der Waals surface area contributed by atoms with Crippen LogP contribution in [0.5, 0.6) is 0 Å². The van der Waals surface area contributed by atoms with Crippen LogP contribution in [0.25, 0.3) is 0 Å². The number of hydrogen-bond donors (Lipinski definition) is 1. The lowest BCUT2D eigenvalue weighted by molar-refractivity contribution is 0.592. The highest BCUT2D eigenvalue weighted by atomic mass is 35.5. The molecule has 102 valence electrons. The van der Waals surface area contributed by atoms with E-state index in [0.29, 0.717) is 11.4 Å². The number of thiophene rings is 1. The Kier molecular flexibility index (Phi) is 4.61. The fourth-order valence-corrected chi connectivity index (χ4v) is 3.39. The number of nitrogens with one attached hydrogen (secondary N) is 1. The van der Waals surface area contributed by atoms with Crippen molar-refractivity contribution in [1.82, 2.24) is 5.32 Å². The third kappa shape index (κ3) is 3.35. The van der Waals surface area contributed by atoms with E-state index in [1.54, 1.807) is 17.4 Å². The minimum Gasteiger partial charge on any atom is -0.312 e. The van der Waals surface area contributed by atoms with E-state index >= 15 is 0 Å². The molecule has 1 N–H and O–H groups in total. The first kappa shape index (κ1) is 14.5. The van der Waals surface area contributed by atoms with Gasteiger partial charge in [0.1, 0.15) is 5.82 Å². The molecule has 0 spiro atoms. The van der Waals surface area contributed by atoms with Crippen molar-refractivity contribution in [2.24, 2.45) is 0 Å². The molecule has 0 aliphatic carbocycles. The molecule has 2 aromatic rings. The molecular formula is C15H17ClFNS. The highest BCUT2D eigenvalue weighted by Gasteiger charge is 2.15. The second-order valence-electron chi connectivity index (χ2n) is 4.67. The summed E-state index contributed by atoms with van der Waals surface area (Å²) >= 11 is 7.91. The maximum absolute atomic E-state index is 13.3. The zero-order chi connectivity index (χ0) is 14.0. The van der Waals surface area contributed by atoms with Crippen LogP contribution in [0.15, 0.2) is 24.3 Å². The predicted molar refractivity (Wildman–Crippen MR) is 80.7 cm³/mol. The molecule has 1 aromatic carbocycles. The first-order valence-corrected chi connectivity index (χ1v) is 7.39. The summed E-state index contributed by atoms with van der Waals surface area (Å²) in [6.45, 7) is 4.22. The van der Waals surface area contributed by atoms with Crippen molar-refractivity contribution in [3.63, 3.8) is 0 Å². The number of likely N-dealkylation sites (N-methyl/N-ethyl adjacent to an activating group) is 1. The zero-order valence-corrected chi connectivity index (χ0v) is 12.8. The number of aryl methyl sites for hydroxylation is 2. The minimum atomic E-state index is -0.243. The average molecular weight is 298 g/mol. The summed E-state index contributed by atoms with van der Waals surface area (Å²) in [6.07, 6.45) is 0.687. The fraction of sp³-hybridized carbons (Fsp3) is 0.333. The van der Waals surface area contributed by atoms with Crippen LogP contribution in [0.2, 0.25) is 5.02 Å². The lowest BCUT2D eigenvalue weighted by Crippen LogP contribution is -2.18. The first-order chi connectivity index (χ1) is 9.01. The van der Waals surface area contributed by atoms with Gasteiger partial charge in [0.15, 0.2) is 0 Å². The molecular weight excluding hydrogens is 281 g/mol. The molecule has 1 unspecified atom stereocenters. The van der Waals surface area contributed by atoms with E-state index in [9.17, 15) is 4.39 Å². The largest absolute Gasteiger partial charge is 0.312 e. The van der Waals surface area contributed by atoms with Gasteiger partial charge in [-0.1, -0.05) is 11.6 Å². The molecule has 1 atom stereocenters. The number of halogens is 2. The van der Waals surface area contributed by atoms with E-state index in [-0.39, 0.29) is 11.9 Å². The van der Waals surface area contributed by atoms with E-state index in [0.717, 1.165) is 5.56 Å². The molecule has 2 rings (SSSR count). The van der Waals surface area contributed by atoms with Crippen molar-refractivity contribution in [3.05, 3.63) is 56.0 Å². The van der Waals surface area contributed by atoms with Crippen LogP contribution in [-0.4, -0.2) is 7.05 Å². The van der Waals surface area contributed by atoms with E-state index in [1.165, 1.54) is 27.5 Å². The van der Waals surface area contributed by atoms with Crippen LogP contribution < -0.4 is 5.32 Å². The van der Waals surface area contributed by atoms with Gasteiger partial charge >= 0.3 is 0 Å². The summed E-state index contributed by atoms with van der Waals surface area (Å²) < 4.78 is 13.3. The molecule has 4 heteroatoms. The van der Waals surface area contributed by atoms with Crippen molar-refractivity contribution in [1.29, 1.82) is 0 Å². The first-order valence-electron chi connectivity index (χ1n) is 6.19. The molecule has 19 heavy (non-hydrogen) atoms. The van der Waals surface area contributed by atoms with E-state index in [1.807, 2.05) is 7.05 Å². The van der Waals surface area contributed by atoms with Gasteiger partial charge in [-0.3, -0.25) is 0 Å². The predicted octanol–water partition coefficient (Wildman–Crippen LogP) is 4.66. The van der Waals surface area contributed by atoms with Gasteiger partial charge in [0.05, 0.1) is 0 Å². The van der Waals surface area contributed by atoms with E-state index in [2.05, 4.69) is 25.2 Å². The Morgan fingerprint density at radius 3 is 2.63 bits per heavy atom. The third-order valence-electron chi connectivity index (χ3n) is 3.31. The second kappa shape index (κ2) is 6.04. The second-order valence-corrected chi connectivity index (χ2v) is 6.36. The van der Waals surface area contributed by atoms with Gasteiger partial charge in [0, 0.05) is 20.8 Å². The Balaban J connectivity index is 2.26. The van der Waals surface area contributed by atoms with Crippen LogP contribution in [-0.2, 0) is 6.42 Å². The van der Waals surface area contributed by atoms with Crippen molar-refractivity contribution in [2.45, 2.75) is 26.3 Å². The highest BCUT2D eigenvalue weighted by Crippen LogP contribution is 2.30. The molecule has 1 heterocycles. The molecule has 1 nitrogen and oxygen atoms in total. The monoisotopic (exact) mass is 297 g/mol. The van der Waals surface area contributed by atoms with Crippen LogP contribution in [0, 0.1) is 19.7 Å². The normalized spacial score (nSPS) is 12.7. The van der Waals surface area contributed by atoms with Gasteiger partial charge in [-0.2, -0.15) is 0 Å². The number of rotatable bonds is 4. The Bertz CT molecular complexity index is 560. The fourth-order valence-electron chi connectivity index (χ4n) is 2.04. The molecule has 0 aliphatic rings. The van der Waals surface area contributed by atoms with Crippen molar-refractivity contribution in [2.75, 3.05) is 7.05 Å². The topological polar surface area (TPSA) is 12.0 Å². The molecule has 1 aromatic heterocycles. The Morgan fingerprint density at radius 1 is 1.32 bits per heavy atom. The lowest BCUT2D eigenvalue weighted by atomic mass is 10.0. The number of hydrogen-bond acceptors (Lipinski definition) is 2. The third-order valence-corrected chi connectivity index (χ3v) is 4.94. The SMILES string of the molecule is CNC(Cc1cc(F)ccc1Cl)c1cc(C)c(C)s1. The maximum Gasteiger partial charge on any atom is 0.123 e. The van der Waals surface area contributed by atoms with Gasteiger partial charge in [0.25, 0.3) is 0 Å². The summed E-state index contributed by atoms with van der Waals surface area (Å²) in [5.41, 5.74) is 2.13. The minimum absolute atomic E-state index is 0.164. The Morgan fingerprint density at radius 2 is 2.05 bits per heavy atom. The Labute approximate surface area is 122 Å². The van der Waals surface area contributed by atoms with Gasteiger partial charge in [-0.05, 0) is 62.7 Å².